The monoisotopic (exact) mass is 125 g/mol. The highest BCUT2D eigenvalue weighted by Crippen LogP contribution is 1.93. The van der Waals surface area contributed by atoms with E-state index < -0.39 is 6.10 Å². The Morgan fingerprint density at radius 1 is 1.56 bits per heavy atom. The van der Waals surface area contributed by atoms with Crippen LogP contribution in [0.2, 0.25) is 0 Å². The predicted molar refractivity (Wildman–Crippen MR) is 38.9 cm³/mol. The second-order valence-electron chi connectivity index (χ2n) is 1.88. The summed E-state index contributed by atoms with van der Waals surface area (Å²) < 4.78 is 0. The molecule has 9 heavy (non-hydrogen) atoms. The Kier molecular flexibility index (Phi) is 5.23. The van der Waals surface area contributed by atoms with Crippen LogP contribution in [0, 0.1) is 6.58 Å². The first-order valence-corrected chi connectivity index (χ1v) is 3.19. The first-order chi connectivity index (χ1) is 4.31. The molecule has 0 spiro atoms. The molecule has 0 fully saturated rings. The van der Waals surface area contributed by atoms with Gasteiger partial charge >= 0.3 is 0 Å². The predicted octanol–water partition coefficient (Wildman–Crippen LogP) is 1.69. The van der Waals surface area contributed by atoms with Crippen LogP contribution in [0.4, 0.5) is 0 Å². The van der Waals surface area contributed by atoms with Crippen molar-refractivity contribution >= 4 is 0 Å². The number of allylic oxidation sites excluding steroid dienone is 1. The fraction of sp³-hybridized carbons (Fsp3) is 0.500. The minimum absolute atomic E-state index is 0.479. The summed E-state index contributed by atoms with van der Waals surface area (Å²) in [5.74, 6) is 0. The van der Waals surface area contributed by atoms with E-state index >= 15 is 0 Å². The van der Waals surface area contributed by atoms with Crippen molar-refractivity contribution in [3.8, 4) is 0 Å². The number of hydrogen-bond donors (Lipinski definition) is 1. The van der Waals surface area contributed by atoms with Gasteiger partial charge in [-0.25, -0.2) is 0 Å². The van der Waals surface area contributed by atoms with Crippen molar-refractivity contribution in [2.45, 2.75) is 25.9 Å². The molecule has 0 heterocycles. The second kappa shape index (κ2) is 5.57. The van der Waals surface area contributed by atoms with Crippen molar-refractivity contribution in [1.29, 1.82) is 0 Å². The third-order valence-corrected chi connectivity index (χ3v) is 1.00. The third kappa shape index (κ3) is 5.31. The van der Waals surface area contributed by atoms with Gasteiger partial charge in [0.15, 0.2) is 0 Å². The van der Waals surface area contributed by atoms with Gasteiger partial charge in [0.25, 0.3) is 0 Å². The second-order valence-corrected chi connectivity index (χ2v) is 1.88. The van der Waals surface area contributed by atoms with Crippen LogP contribution in [0.25, 0.3) is 0 Å². The molecule has 0 saturated carbocycles. The molecule has 0 aliphatic carbocycles. The molecule has 0 aromatic heterocycles. The lowest BCUT2D eigenvalue weighted by Crippen LogP contribution is -1.97. The van der Waals surface area contributed by atoms with Gasteiger partial charge in [-0.1, -0.05) is 31.7 Å². The van der Waals surface area contributed by atoms with Gasteiger partial charge in [0, 0.05) is 0 Å². The van der Waals surface area contributed by atoms with Gasteiger partial charge in [0.1, 0.15) is 0 Å². The summed E-state index contributed by atoms with van der Waals surface area (Å²) in [5.41, 5.74) is 0. The average Bonchev–Trinajstić information content (AvgIpc) is 1.89. The van der Waals surface area contributed by atoms with Crippen LogP contribution in [0.1, 0.15) is 19.8 Å². The quantitative estimate of drug-likeness (QED) is 0.567. The zero-order chi connectivity index (χ0) is 7.11. The lowest BCUT2D eigenvalue weighted by Gasteiger charge is -1.96. The van der Waals surface area contributed by atoms with Gasteiger partial charge in [0.05, 0.1) is 6.10 Å². The molecular weight excluding hydrogens is 112 g/mol. The number of rotatable bonds is 4. The Balaban J connectivity index is 3.25. The highest BCUT2D eigenvalue weighted by Gasteiger charge is 1.90. The molecule has 0 aromatic carbocycles. The molecule has 0 bridgehead atoms. The van der Waals surface area contributed by atoms with Gasteiger partial charge < -0.3 is 5.11 Å². The van der Waals surface area contributed by atoms with E-state index in [-0.39, 0.29) is 0 Å². The lowest BCUT2D eigenvalue weighted by atomic mass is 10.2. The molecule has 1 atom stereocenters. The summed E-state index contributed by atoms with van der Waals surface area (Å²) in [5, 5.41) is 8.85. The standard InChI is InChI=1S/C8H13O/c1-3-5-6-7-8(9)4-2/h2,4-6,8-9H,3,7H2,1H3. The molecule has 1 N–H and O–H groups in total. The number of hydrogen-bond acceptors (Lipinski definition) is 1. The molecule has 0 amide bonds. The maximum Gasteiger partial charge on any atom is 0.0758 e. The van der Waals surface area contributed by atoms with E-state index in [2.05, 4.69) is 6.92 Å². The largest absolute Gasteiger partial charge is 0.389 e. The summed E-state index contributed by atoms with van der Waals surface area (Å²) in [4.78, 5) is 0. The topological polar surface area (TPSA) is 20.2 Å². The molecule has 0 saturated heterocycles. The van der Waals surface area contributed by atoms with Crippen molar-refractivity contribution in [1.82, 2.24) is 0 Å². The molecular formula is C8H13O. The normalized spacial score (nSPS) is 14.0. The van der Waals surface area contributed by atoms with Crippen LogP contribution < -0.4 is 0 Å². The lowest BCUT2D eigenvalue weighted by molar-refractivity contribution is 0.227. The van der Waals surface area contributed by atoms with Crippen LogP contribution >= 0.6 is 0 Å². The molecule has 0 aliphatic heterocycles. The molecule has 51 valence electrons. The van der Waals surface area contributed by atoms with Gasteiger partial charge in [-0.05, 0) is 12.8 Å². The van der Waals surface area contributed by atoms with Crippen molar-refractivity contribution in [2.75, 3.05) is 0 Å². The van der Waals surface area contributed by atoms with E-state index in [4.69, 9.17) is 11.7 Å². The van der Waals surface area contributed by atoms with Crippen molar-refractivity contribution in [3.05, 3.63) is 24.8 Å². The zero-order valence-electron chi connectivity index (χ0n) is 5.75. The first-order valence-electron chi connectivity index (χ1n) is 3.19. The van der Waals surface area contributed by atoms with Crippen molar-refractivity contribution in [2.24, 2.45) is 0 Å². The summed E-state index contributed by atoms with van der Waals surface area (Å²) in [6.45, 7) is 7.10. The van der Waals surface area contributed by atoms with Crippen LogP contribution in [-0.2, 0) is 0 Å². The minimum atomic E-state index is -0.479. The maximum atomic E-state index is 8.85. The van der Waals surface area contributed by atoms with Crippen LogP contribution in [0.15, 0.2) is 18.2 Å². The Hall–Kier alpha value is -0.560. The molecule has 1 radical (unpaired) electrons. The van der Waals surface area contributed by atoms with Gasteiger partial charge in [-0.2, -0.15) is 0 Å². The van der Waals surface area contributed by atoms with E-state index in [9.17, 15) is 0 Å². The summed E-state index contributed by atoms with van der Waals surface area (Å²) in [6, 6.07) is 0. The Bertz CT molecular complexity index is 94.7. The molecule has 0 rings (SSSR count). The van der Waals surface area contributed by atoms with Gasteiger partial charge in [0.2, 0.25) is 0 Å². The Labute approximate surface area is 56.7 Å². The summed E-state index contributed by atoms with van der Waals surface area (Å²) in [6.07, 6.45) is 6.38. The third-order valence-electron chi connectivity index (χ3n) is 1.00. The van der Waals surface area contributed by atoms with Gasteiger partial charge in [-0.3, -0.25) is 0 Å². The summed E-state index contributed by atoms with van der Waals surface area (Å²) >= 11 is 0. The Morgan fingerprint density at radius 2 is 2.22 bits per heavy atom. The highest BCUT2D eigenvalue weighted by atomic mass is 16.3. The highest BCUT2D eigenvalue weighted by molar-refractivity contribution is 4.88. The summed E-state index contributed by atoms with van der Waals surface area (Å²) in [7, 11) is 0. The van der Waals surface area contributed by atoms with E-state index in [0.717, 1.165) is 6.42 Å². The first kappa shape index (κ1) is 8.44. The minimum Gasteiger partial charge on any atom is -0.389 e. The molecule has 0 aromatic rings. The Morgan fingerprint density at radius 3 is 2.67 bits per heavy atom. The number of aliphatic hydroxyl groups is 1. The van der Waals surface area contributed by atoms with Crippen LogP contribution in [-0.4, -0.2) is 11.2 Å². The molecule has 0 aliphatic rings. The molecule has 1 heteroatoms. The molecule has 1 unspecified atom stereocenters. The van der Waals surface area contributed by atoms with E-state index in [1.54, 1.807) is 0 Å². The zero-order valence-corrected chi connectivity index (χ0v) is 5.75. The molecule has 1 nitrogen and oxygen atoms in total. The fourth-order valence-corrected chi connectivity index (χ4v) is 0.481. The van der Waals surface area contributed by atoms with Crippen LogP contribution in [0.5, 0.6) is 0 Å². The van der Waals surface area contributed by atoms with E-state index in [0.29, 0.717) is 6.42 Å². The SMILES string of the molecule is [CH]=CC(O)CC=CCC. The smallest absolute Gasteiger partial charge is 0.0758 e. The van der Waals surface area contributed by atoms with E-state index in [1.807, 2.05) is 12.2 Å². The van der Waals surface area contributed by atoms with Crippen molar-refractivity contribution < 1.29 is 5.11 Å². The fourth-order valence-electron chi connectivity index (χ4n) is 0.481. The van der Waals surface area contributed by atoms with E-state index in [1.165, 1.54) is 6.08 Å². The van der Waals surface area contributed by atoms with Crippen molar-refractivity contribution in [3.63, 3.8) is 0 Å². The number of aliphatic hydroxyl groups excluding tert-OH is 1. The maximum absolute atomic E-state index is 8.85. The van der Waals surface area contributed by atoms with Crippen LogP contribution in [0.3, 0.4) is 0 Å². The average molecular weight is 125 g/mol. The van der Waals surface area contributed by atoms with Gasteiger partial charge in [-0.15, -0.1) is 0 Å².